The molecule has 194 valence electrons. The first-order chi connectivity index (χ1) is 18.0. The van der Waals surface area contributed by atoms with Crippen molar-refractivity contribution in [2.45, 2.75) is 9.79 Å². The lowest BCUT2D eigenvalue weighted by atomic mass is 9.86. The summed E-state index contributed by atoms with van der Waals surface area (Å²) in [6.45, 7) is 0. The van der Waals surface area contributed by atoms with Gasteiger partial charge in [-0.25, -0.2) is 0 Å². The molecular formula is C28H22O8S2. The van der Waals surface area contributed by atoms with Gasteiger partial charge in [-0.05, 0) is 68.1 Å². The fourth-order valence-electron chi connectivity index (χ4n) is 4.82. The Kier molecular flexibility index (Phi) is 6.36. The second kappa shape index (κ2) is 9.41. The van der Waals surface area contributed by atoms with Crippen LogP contribution in [-0.2, 0) is 20.2 Å². The summed E-state index contributed by atoms with van der Waals surface area (Å²) < 4.78 is 78.5. The lowest BCUT2D eigenvalue weighted by Gasteiger charge is -2.19. The van der Waals surface area contributed by atoms with Crippen LogP contribution >= 0.6 is 0 Å². The van der Waals surface area contributed by atoms with E-state index in [1.54, 1.807) is 12.1 Å². The molecule has 0 unspecified atom stereocenters. The summed E-state index contributed by atoms with van der Waals surface area (Å²) in [5.74, 6) is 0.0231. The third-order valence-electron chi connectivity index (χ3n) is 6.39. The molecule has 0 saturated heterocycles. The number of ether oxygens (including phenoxy) is 2. The average molecular weight is 551 g/mol. The second-order valence-corrected chi connectivity index (χ2v) is 11.3. The van der Waals surface area contributed by atoms with Gasteiger partial charge in [0.2, 0.25) is 0 Å². The first-order valence-electron chi connectivity index (χ1n) is 11.3. The normalized spacial score (nSPS) is 12.1. The topological polar surface area (TPSA) is 127 Å². The van der Waals surface area contributed by atoms with Crippen molar-refractivity contribution < 1.29 is 35.4 Å². The van der Waals surface area contributed by atoms with Crippen LogP contribution in [0.4, 0.5) is 0 Å². The summed E-state index contributed by atoms with van der Waals surface area (Å²) in [7, 11) is -6.52. The molecule has 0 aromatic heterocycles. The summed E-state index contributed by atoms with van der Waals surface area (Å²) in [4.78, 5) is -0.717. The predicted octanol–water partition coefficient (Wildman–Crippen LogP) is 5.84. The molecule has 0 spiro atoms. The number of methoxy groups -OCH3 is 2. The zero-order valence-corrected chi connectivity index (χ0v) is 21.9. The standard InChI is InChI=1S/C28H22O8S2/c1-35-23-13-11-17(15-25(23)37(29,30)31)27-19-7-3-5-9-21(19)28(22-10-6-4-8-20(22)27)18-12-14-24(36-2)26(16-18)38(32,33)34/h3-16H,1-2H3,(H,29,30,31)(H,32,33,34). The van der Waals surface area contributed by atoms with Gasteiger partial charge in [0.15, 0.2) is 0 Å². The first-order valence-corrected chi connectivity index (χ1v) is 14.2. The van der Waals surface area contributed by atoms with E-state index in [1.165, 1.54) is 38.5 Å². The third kappa shape index (κ3) is 4.37. The fraction of sp³-hybridized carbons (Fsp3) is 0.0714. The Labute approximate surface area is 219 Å². The molecular weight excluding hydrogens is 528 g/mol. The highest BCUT2D eigenvalue weighted by molar-refractivity contribution is 7.86. The van der Waals surface area contributed by atoms with E-state index in [0.29, 0.717) is 11.1 Å². The molecule has 0 saturated carbocycles. The lowest BCUT2D eigenvalue weighted by Crippen LogP contribution is -2.02. The maximum Gasteiger partial charge on any atom is 0.298 e. The Morgan fingerprint density at radius 3 is 1.11 bits per heavy atom. The summed E-state index contributed by atoms with van der Waals surface area (Å²) in [5.41, 5.74) is 2.50. The van der Waals surface area contributed by atoms with Crippen molar-refractivity contribution in [1.29, 1.82) is 0 Å². The SMILES string of the molecule is COc1ccc(-c2c3ccccc3c(-c3ccc(OC)c(S(=O)(=O)O)c3)c3ccccc23)cc1S(=O)(=O)O. The summed E-state index contributed by atoms with van der Waals surface area (Å²) in [6, 6.07) is 24.0. The van der Waals surface area contributed by atoms with Crippen LogP contribution in [-0.4, -0.2) is 40.2 Å². The monoisotopic (exact) mass is 550 g/mol. The van der Waals surface area contributed by atoms with Crippen molar-refractivity contribution in [3.05, 3.63) is 84.9 Å². The highest BCUT2D eigenvalue weighted by Gasteiger charge is 2.23. The van der Waals surface area contributed by atoms with Gasteiger partial charge in [0, 0.05) is 0 Å². The fourth-order valence-corrected chi connectivity index (χ4v) is 6.18. The Bertz CT molecular complexity index is 1750. The maximum absolute atomic E-state index is 12.1. The summed E-state index contributed by atoms with van der Waals surface area (Å²) in [5, 5.41) is 3.04. The Morgan fingerprint density at radius 1 is 0.526 bits per heavy atom. The van der Waals surface area contributed by atoms with Crippen molar-refractivity contribution in [2.75, 3.05) is 14.2 Å². The lowest BCUT2D eigenvalue weighted by molar-refractivity contribution is 0.397. The van der Waals surface area contributed by atoms with Gasteiger partial charge in [-0.2, -0.15) is 16.8 Å². The molecule has 38 heavy (non-hydrogen) atoms. The Balaban J connectivity index is 1.92. The number of fused-ring (bicyclic) bond motifs is 2. The average Bonchev–Trinajstić information content (AvgIpc) is 2.90. The van der Waals surface area contributed by atoms with E-state index < -0.39 is 20.2 Å². The molecule has 0 aliphatic carbocycles. The molecule has 5 aromatic carbocycles. The highest BCUT2D eigenvalue weighted by atomic mass is 32.2. The van der Waals surface area contributed by atoms with Gasteiger partial charge in [-0.15, -0.1) is 0 Å². The number of benzene rings is 5. The van der Waals surface area contributed by atoms with Gasteiger partial charge < -0.3 is 9.47 Å². The molecule has 0 radical (unpaired) electrons. The summed E-state index contributed by atoms with van der Waals surface area (Å²) >= 11 is 0. The van der Waals surface area contributed by atoms with Crippen LogP contribution in [0, 0.1) is 0 Å². The van der Waals surface area contributed by atoms with Crippen molar-refractivity contribution in [3.8, 4) is 33.8 Å². The second-order valence-electron chi connectivity index (χ2n) is 8.52. The minimum absolute atomic E-state index is 0.0115. The molecule has 0 atom stereocenters. The molecule has 0 aliphatic rings. The van der Waals surface area contributed by atoms with Gasteiger partial charge in [0.1, 0.15) is 21.3 Å². The first kappa shape index (κ1) is 25.7. The van der Waals surface area contributed by atoms with Gasteiger partial charge in [0.05, 0.1) is 14.2 Å². The van der Waals surface area contributed by atoms with Gasteiger partial charge in [-0.3, -0.25) is 9.11 Å². The maximum atomic E-state index is 12.1. The molecule has 0 bridgehead atoms. The van der Waals surface area contributed by atoms with Gasteiger partial charge in [0.25, 0.3) is 20.2 Å². The third-order valence-corrected chi connectivity index (χ3v) is 8.14. The van der Waals surface area contributed by atoms with E-state index in [1.807, 2.05) is 48.5 Å². The molecule has 2 N–H and O–H groups in total. The smallest absolute Gasteiger partial charge is 0.298 e. The Hall–Kier alpha value is -3.96. The van der Waals surface area contributed by atoms with Crippen molar-refractivity contribution >= 4 is 41.8 Å². The van der Waals surface area contributed by atoms with Crippen LogP contribution in [0.1, 0.15) is 0 Å². The van der Waals surface area contributed by atoms with E-state index in [4.69, 9.17) is 9.47 Å². The van der Waals surface area contributed by atoms with Crippen LogP contribution in [0.15, 0.2) is 94.7 Å². The van der Waals surface area contributed by atoms with E-state index >= 15 is 0 Å². The number of rotatable bonds is 6. The molecule has 0 amide bonds. The molecule has 0 fully saturated rings. The highest BCUT2D eigenvalue weighted by Crippen LogP contribution is 2.45. The van der Waals surface area contributed by atoms with E-state index in [2.05, 4.69) is 0 Å². The van der Waals surface area contributed by atoms with E-state index in [0.717, 1.165) is 32.7 Å². The quantitative estimate of drug-likeness (QED) is 0.199. The van der Waals surface area contributed by atoms with Crippen LogP contribution in [0.25, 0.3) is 43.8 Å². The molecule has 0 heterocycles. The summed E-state index contributed by atoms with van der Waals surface area (Å²) in [6.07, 6.45) is 0. The minimum atomic E-state index is -4.58. The van der Waals surface area contributed by atoms with Crippen molar-refractivity contribution in [3.63, 3.8) is 0 Å². The van der Waals surface area contributed by atoms with Crippen LogP contribution < -0.4 is 9.47 Å². The molecule has 0 aliphatic heterocycles. The van der Waals surface area contributed by atoms with Crippen LogP contribution in [0.2, 0.25) is 0 Å². The predicted molar refractivity (Wildman–Crippen MR) is 145 cm³/mol. The van der Waals surface area contributed by atoms with E-state index in [-0.39, 0.29) is 21.3 Å². The molecule has 8 nitrogen and oxygen atoms in total. The molecule has 5 aromatic rings. The van der Waals surface area contributed by atoms with Gasteiger partial charge in [-0.1, -0.05) is 60.7 Å². The van der Waals surface area contributed by atoms with E-state index in [9.17, 15) is 25.9 Å². The minimum Gasteiger partial charge on any atom is -0.495 e. The number of hydrogen-bond acceptors (Lipinski definition) is 6. The zero-order chi connectivity index (χ0) is 27.2. The van der Waals surface area contributed by atoms with Crippen molar-refractivity contribution in [1.82, 2.24) is 0 Å². The van der Waals surface area contributed by atoms with Crippen molar-refractivity contribution in [2.24, 2.45) is 0 Å². The van der Waals surface area contributed by atoms with Gasteiger partial charge >= 0.3 is 0 Å². The molecule has 5 rings (SSSR count). The largest absolute Gasteiger partial charge is 0.495 e. The molecule has 10 heteroatoms. The zero-order valence-electron chi connectivity index (χ0n) is 20.2. The van der Waals surface area contributed by atoms with Crippen LogP contribution in [0.5, 0.6) is 11.5 Å². The van der Waals surface area contributed by atoms with Crippen LogP contribution in [0.3, 0.4) is 0 Å². The number of hydrogen-bond donors (Lipinski definition) is 2. The Morgan fingerprint density at radius 2 is 0.842 bits per heavy atom.